The number of hydrogen-bond acceptors (Lipinski definition) is 10. The normalized spacial score (nSPS) is 28.5. The molecule has 0 saturated carbocycles. The van der Waals surface area contributed by atoms with Crippen LogP contribution in [-0.4, -0.2) is 49.6 Å². The second kappa shape index (κ2) is 7.52. The number of aromatic amines is 1. The molecule has 1 aromatic heterocycles. The molecule has 1 aliphatic heterocycles. The standard InChI is InChI=1S/C10H13N4O7PS/c11-3-23-5-1-14(10(18)13-8(5)17)9-7(21-22(12)19)6(16)4(2-15)20-9/h1,4,6-7,9,15-16,19H,2,12H2,(H,13,17,18)/t4-,6-,7-,9-,22?/m1/s1. The highest BCUT2D eigenvalue weighted by atomic mass is 32.2. The summed E-state index contributed by atoms with van der Waals surface area (Å²) in [6.07, 6.45) is -3.89. The minimum absolute atomic E-state index is 0.0737. The summed E-state index contributed by atoms with van der Waals surface area (Å²) in [4.78, 5) is 34.7. The molecular weight excluding hydrogens is 351 g/mol. The van der Waals surface area contributed by atoms with Gasteiger partial charge < -0.3 is 24.4 Å². The molecule has 6 N–H and O–H groups in total. The molecule has 0 spiro atoms. The maximum Gasteiger partial charge on any atom is 0.330 e. The van der Waals surface area contributed by atoms with Gasteiger partial charge in [-0.15, -0.1) is 0 Å². The predicted molar refractivity (Wildman–Crippen MR) is 78.0 cm³/mol. The molecule has 126 valence electrons. The molecule has 0 radical (unpaired) electrons. The van der Waals surface area contributed by atoms with Gasteiger partial charge in [0.1, 0.15) is 28.6 Å². The van der Waals surface area contributed by atoms with Crippen molar-refractivity contribution in [2.45, 2.75) is 29.4 Å². The summed E-state index contributed by atoms with van der Waals surface area (Å²) in [5, 5.41) is 29.6. The van der Waals surface area contributed by atoms with Gasteiger partial charge in [-0.05, 0) is 11.8 Å². The van der Waals surface area contributed by atoms with Crippen LogP contribution in [0.25, 0.3) is 0 Å². The van der Waals surface area contributed by atoms with E-state index in [0.717, 1.165) is 10.8 Å². The number of thiocyanates is 1. The lowest BCUT2D eigenvalue weighted by molar-refractivity contribution is -0.0525. The lowest BCUT2D eigenvalue weighted by Crippen LogP contribution is -2.39. The van der Waals surface area contributed by atoms with Crippen molar-refractivity contribution in [1.82, 2.24) is 9.55 Å². The number of nitrogens with two attached hydrogens (primary N) is 1. The topological polar surface area (TPSA) is 184 Å². The summed E-state index contributed by atoms with van der Waals surface area (Å²) < 4.78 is 11.2. The van der Waals surface area contributed by atoms with Crippen molar-refractivity contribution < 1.29 is 24.4 Å². The molecule has 1 saturated heterocycles. The van der Waals surface area contributed by atoms with E-state index in [4.69, 9.17) is 20.0 Å². The molecule has 13 heteroatoms. The molecule has 2 rings (SSSR count). The predicted octanol–water partition coefficient (Wildman–Crippen LogP) is -2.08. The summed E-state index contributed by atoms with van der Waals surface area (Å²) in [6, 6.07) is 0. The van der Waals surface area contributed by atoms with E-state index in [0.29, 0.717) is 11.8 Å². The molecule has 2 heterocycles. The third kappa shape index (κ3) is 3.79. The zero-order chi connectivity index (χ0) is 17.1. The van der Waals surface area contributed by atoms with Gasteiger partial charge in [0, 0.05) is 6.20 Å². The maximum atomic E-state index is 12.0. The molecule has 0 aromatic carbocycles. The largest absolute Gasteiger partial charge is 0.394 e. The Morgan fingerprint density at radius 3 is 2.87 bits per heavy atom. The summed E-state index contributed by atoms with van der Waals surface area (Å²) >= 11 is 0.530. The SMILES string of the molecule is N#CSc1cn([C@@H]2O[C@H](CO)[C@@H](O)[C@H]2OP(N)O)c(=O)[nH]c1=O. The van der Waals surface area contributed by atoms with Gasteiger partial charge in [-0.1, -0.05) is 0 Å². The minimum Gasteiger partial charge on any atom is -0.394 e. The number of nitrogens with one attached hydrogen (secondary N) is 1. The second-order valence-corrected chi connectivity index (χ2v) is 6.11. The van der Waals surface area contributed by atoms with E-state index in [-0.39, 0.29) is 4.90 Å². The van der Waals surface area contributed by atoms with Crippen LogP contribution in [0.2, 0.25) is 0 Å². The summed E-state index contributed by atoms with van der Waals surface area (Å²) in [7, 11) is -2.38. The van der Waals surface area contributed by atoms with Crippen LogP contribution in [0, 0.1) is 10.7 Å². The lowest BCUT2D eigenvalue weighted by Gasteiger charge is -2.22. The third-order valence-corrected chi connectivity index (χ3v) is 4.15. The summed E-state index contributed by atoms with van der Waals surface area (Å²) in [5.74, 6) is 0. The van der Waals surface area contributed by atoms with Crippen molar-refractivity contribution in [3.63, 3.8) is 0 Å². The first-order chi connectivity index (χ1) is 10.9. The Kier molecular flexibility index (Phi) is 5.90. The Labute approximate surface area is 134 Å². The molecule has 11 nitrogen and oxygen atoms in total. The third-order valence-electron chi connectivity index (χ3n) is 3.09. The van der Waals surface area contributed by atoms with Crippen molar-refractivity contribution in [3.05, 3.63) is 27.0 Å². The highest BCUT2D eigenvalue weighted by Crippen LogP contribution is 2.37. The number of nitrogens with zero attached hydrogens (tertiary/aromatic N) is 2. The van der Waals surface area contributed by atoms with E-state index >= 15 is 0 Å². The van der Waals surface area contributed by atoms with Crippen molar-refractivity contribution in [3.8, 4) is 5.40 Å². The quantitative estimate of drug-likeness (QED) is 0.221. The van der Waals surface area contributed by atoms with E-state index in [2.05, 4.69) is 0 Å². The van der Waals surface area contributed by atoms with Crippen molar-refractivity contribution in [2.24, 2.45) is 5.50 Å². The van der Waals surface area contributed by atoms with E-state index in [9.17, 15) is 24.7 Å². The van der Waals surface area contributed by atoms with Gasteiger partial charge in [0.15, 0.2) is 6.23 Å². The Balaban J connectivity index is 2.46. The second-order valence-electron chi connectivity index (χ2n) is 4.46. The van der Waals surface area contributed by atoms with E-state index in [1.807, 2.05) is 4.98 Å². The van der Waals surface area contributed by atoms with Gasteiger partial charge in [-0.2, -0.15) is 5.26 Å². The summed E-state index contributed by atoms with van der Waals surface area (Å²) in [6.45, 7) is -0.566. The molecule has 1 aromatic rings. The van der Waals surface area contributed by atoms with Crippen LogP contribution >= 0.6 is 20.3 Å². The van der Waals surface area contributed by atoms with Gasteiger partial charge in [0.2, 0.25) is 0 Å². The van der Waals surface area contributed by atoms with Gasteiger partial charge in [-0.3, -0.25) is 19.8 Å². The van der Waals surface area contributed by atoms with E-state index in [1.54, 1.807) is 5.40 Å². The first-order valence-corrected chi connectivity index (χ1v) is 8.25. The molecule has 23 heavy (non-hydrogen) atoms. The molecule has 5 atom stereocenters. The van der Waals surface area contributed by atoms with Crippen LogP contribution < -0.4 is 16.8 Å². The Morgan fingerprint density at radius 2 is 2.30 bits per heavy atom. The monoisotopic (exact) mass is 364 g/mol. The molecule has 0 bridgehead atoms. The molecule has 1 unspecified atom stereocenters. The fourth-order valence-corrected chi connectivity index (χ4v) is 3.00. The lowest BCUT2D eigenvalue weighted by atomic mass is 10.1. The van der Waals surface area contributed by atoms with Crippen molar-refractivity contribution in [1.29, 1.82) is 5.26 Å². The zero-order valence-electron chi connectivity index (χ0n) is 11.4. The van der Waals surface area contributed by atoms with Gasteiger partial charge in [0.25, 0.3) is 14.1 Å². The van der Waals surface area contributed by atoms with Crippen LogP contribution in [0.4, 0.5) is 0 Å². The van der Waals surface area contributed by atoms with Crippen LogP contribution in [-0.2, 0) is 9.26 Å². The number of aliphatic hydroxyl groups excluding tert-OH is 2. The number of aromatic nitrogens is 2. The number of ether oxygens (including phenoxy) is 1. The number of aliphatic hydroxyl groups is 2. The molecular formula is C10H13N4O7PS. The molecule has 0 amide bonds. The van der Waals surface area contributed by atoms with E-state index in [1.165, 1.54) is 0 Å². The number of hydrogen-bond donors (Lipinski definition) is 5. The van der Waals surface area contributed by atoms with Crippen molar-refractivity contribution >= 4 is 20.3 Å². The first kappa shape index (κ1) is 18.1. The smallest absolute Gasteiger partial charge is 0.330 e. The van der Waals surface area contributed by atoms with E-state index < -0.39 is 50.9 Å². The van der Waals surface area contributed by atoms with Gasteiger partial charge in [0.05, 0.1) is 6.61 Å². The van der Waals surface area contributed by atoms with Gasteiger partial charge in [-0.25, -0.2) is 4.79 Å². The number of thioether (sulfide) groups is 1. The van der Waals surface area contributed by atoms with Crippen molar-refractivity contribution in [2.75, 3.05) is 6.61 Å². The first-order valence-electron chi connectivity index (χ1n) is 6.15. The number of rotatable bonds is 5. The zero-order valence-corrected chi connectivity index (χ0v) is 13.1. The fourth-order valence-electron chi connectivity index (χ4n) is 2.11. The Hall–Kier alpha value is -1.29. The fraction of sp³-hybridized carbons (Fsp3) is 0.500. The Bertz CT molecular complexity index is 716. The molecule has 0 aliphatic carbocycles. The minimum atomic E-state index is -2.38. The summed E-state index contributed by atoms with van der Waals surface area (Å²) in [5.41, 5.74) is 3.55. The van der Waals surface area contributed by atoms with Crippen LogP contribution in [0.1, 0.15) is 6.23 Å². The average Bonchev–Trinajstić information content (AvgIpc) is 2.78. The average molecular weight is 364 g/mol. The number of nitriles is 1. The maximum absolute atomic E-state index is 12.0. The molecule has 1 fully saturated rings. The number of H-pyrrole nitrogens is 1. The van der Waals surface area contributed by atoms with Gasteiger partial charge >= 0.3 is 5.69 Å². The highest BCUT2D eigenvalue weighted by Gasteiger charge is 2.46. The highest BCUT2D eigenvalue weighted by molar-refractivity contribution is 8.03. The molecule has 1 aliphatic rings. The van der Waals surface area contributed by atoms with Crippen LogP contribution in [0.15, 0.2) is 20.7 Å². The van der Waals surface area contributed by atoms with Crippen LogP contribution in [0.3, 0.4) is 0 Å². The van der Waals surface area contributed by atoms with Crippen LogP contribution in [0.5, 0.6) is 0 Å². The Morgan fingerprint density at radius 1 is 1.61 bits per heavy atom.